The SMILES string of the molecule is C#CC(O)(CCc1cccs1)c1ccccc1. The summed E-state index contributed by atoms with van der Waals surface area (Å²) in [4.78, 5) is 1.25. The Kier molecular flexibility index (Phi) is 3.63. The third-order valence-corrected chi connectivity index (χ3v) is 3.74. The van der Waals surface area contributed by atoms with Gasteiger partial charge in [0.25, 0.3) is 0 Å². The van der Waals surface area contributed by atoms with Gasteiger partial charge in [0.2, 0.25) is 0 Å². The van der Waals surface area contributed by atoms with Crippen LogP contribution in [-0.4, -0.2) is 5.11 Å². The van der Waals surface area contributed by atoms with E-state index < -0.39 is 5.60 Å². The van der Waals surface area contributed by atoms with E-state index in [4.69, 9.17) is 6.42 Å². The van der Waals surface area contributed by atoms with Crippen LogP contribution in [0.4, 0.5) is 0 Å². The van der Waals surface area contributed by atoms with Gasteiger partial charge in [-0.2, -0.15) is 0 Å². The fourth-order valence-corrected chi connectivity index (χ4v) is 2.48. The monoisotopic (exact) mass is 242 g/mol. The van der Waals surface area contributed by atoms with Gasteiger partial charge in [-0.1, -0.05) is 42.3 Å². The minimum Gasteiger partial charge on any atom is -0.373 e. The quantitative estimate of drug-likeness (QED) is 0.816. The molecule has 2 aromatic rings. The fraction of sp³-hybridized carbons (Fsp3) is 0.200. The Hall–Kier alpha value is -1.56. The molecule has 1 aromatic heterocycles. The maximum Gasteiger partial charge on any atom is 0.151 e. The van der Waals surface area contributed by atoms with E-state index in [0.29, 0.717) is 6.42 Å². The zero-order valence-electron chi connectivity index (χ0n) is 9.47. The molecule has 86 valence electrons. The molecule has 1 N–H and O–H groups in total. The molecule has 0 aliphatic rings. The van der Waals surface area contributed by atoms with Gasteiger partial charge in [-0.25, -0.2) is 0 Å². The molecule has 0 radical (unpaired) electrons. The molecule has 0 bridgehead atoms. The van der Waals surface area contributed by atoms with E-state index in [1.54, 1.807) is 11.3 Å². The minimum absolute atomic E-state index is 0.550. The molecular weight excluding hydrogens is 228 g/mol. The second kappa shape index (κ2) is 5.18. The van der Waals surface area contributed by atoms with Crippen molar-refractivity contribution in [3.05, 3.63) is 58.3 Å². The van der Waals surface area contributed by atoms with Crippen LogP contribution in [0.1, 0.15) is 16.9 Å². The number of rotatable bonds is 4. The average molecular weight is 242 g/mol. The number of hydrogen-bond acceptors (Lipinski definition) is 2. The summed E-state index contributed by atoms with van der Waals surface area (Å²) in [5.41, 5.74) is -0.371. The highest BCUT2D eigenvalue weighted by Crippen LogP contribution is 2.26. The molecule has 1 aromatic carbocycles. The van der Waals surface area contributed by atoms with Crippen molar-refractivity contribution in [3.8, 4) is 12.3 Å². The van der Waals surface area contributed by atoms with E-state index in [-0.39, 0.29) is 0 Å². The average Bonchev–Trinajstić information content (AvgIpc) is 2.90. The van der Waals surface area contributed by atoms with Gasteiger partial charge >= 0.3 is 0 Å². The Morgan fingerprint density at radius 3 is 2.53 bits per heavy atom. The minimum atomic E-state index is -1.16. The van der Waals surface area contributed by atoms with Crippen molar-refractivity contribution in [1.82, 2.24) is 0 Å². The Labute approximate surface area is 106 Å². The molecule has 2 rings (SSSR count). The molecule has 0 aliphatic heterocycles. The van der Waals surface area contributed by atoms with Crippen LogP contribution in [-0.2, 0) is 12.0 Å². The van der Waals surface area contributed by atoms with Gasteiger partial charge in [0.1, 0.15) is 0 Å². The molecule has 1 heterocycles. The molecule has 1 unspecified atom stereocenters. The van der Waals surface area contributed by atoms with Crippen LogP contribution in [0, 0.1) is 12.3 Å². The molecule has 0 amide bonds. The summed E-state index contributed by atoms with van der Waals surface area (Å²) < 4.78 is 0. The second-order valence-electron chi connectivity index (χ2n) is 3.95. The lowest BCUT2D eigenvalue weighted by Crippen LogP contribution is -2.24. The van der Waals surface area contributed by atoms with Crippen LogP contribution < -0.4 is 0 Å². The number of benzene rings is 1. The van der Waals surface area contributed by atoms with Gasteiger partial charge in [-0.3, -0.25) is 0 Å². The lowest BCUT2D eigenvalue weighted by Gasteiger charge is -2.22. The summed E-state index contributed by atoms with van der Waals surface area (Å²) >= 11 is 1.69. The van der Waals surface area contributed by atoms with Gasteiger partial charge in [-0.05, 0) is 29.9 Å². The van der Waals surface area contributed by atoms with Crippen molar-refractivity contribution in [2.75, 3.05) is 0 Å². The third-order valence-electron chi connectivity index (χ3n) is 2.80. The van der Waals surface area contributed by atoms with E-state index >= 15 is 0 Å². The Bertz CT molecular complexity index is 495. The summed E-state index contributed by atoms with van der Waals surface area (Å²) in [6.45, 7) is 0. The van der Waals surface area contributed by atoms with Crippen LogP contribution in [0.25, 0.3) is 0 Å². The van der Waals surface area contributed by atoms with Crippen LogP contribution in [0.15, 0.2) is 47.8 Å². The summed E-state index contributed by atoms with van der Waals surface area (Å²) in [5.74, 6) is 2.52. The lowest BCUT2D eigenvalue weighted by molar-refractivity contribution is 0.0910. The molecule has 0 aliphatic carbocycles. The maximum absolute atomic E-state index is 10.5. The van der Waals surface area contributed by atoms with Crippen molar-refractivity contribution in [2.24, 2.45) is 0 Å². The first-order valence-corrected chi connectivity index (χ1v) is 6.40. The zero-order valence-corrected chi connectivity index (χ0v) is 10.3. The Morgan fingerprint density at radius 2 is 1.94 bits per heavy atom. The van der Waals surface area contributed by atoms with Crippen LogP contribution in [0.3, 0.4) is 0 Å². The number of aryl methyl sites for hydroxylation is 1. The van der Waals surface area contributed by atoms with Gasteiger partial charge in [0, 0.05) is 4.88 Å². The number of thiophene rings is 1. The largest absolute Gasteiger partial charge is 0.373 e. The molecule has 1 atom stereocenters. The third kappa shape index (κ3) is 2.76. The van der Waals surface area contributed by atoms with Crippen molar-refractivity contribution in [3.63, 3.8) is 0 Å². The van der Waals surface area contributed by atoms with Crippen molar-refractivity contribution < 1.29 is 5.11 Å². The smallest absolute Gasteiger partial charge is 0.151 e. The summed E-state index contributed by atoms with van der Waals surface area (Å²) in [7, 11) is 0. The van der Waals surface area contributed by atoms with Crippen molar-refractivity contribution in [1.29, 1.82) is 0 Å². The van der Waals surface area contributed by atoms with E-state index in [1.165, 1.54) is 4.88 Å². The predicted molar refractivity (Wildman–Crippen MR) is 71.8 cm³/mol. The topological polar surface area (TPSA) is 20.2 Å². The molecule has 0 saturated carbocycles. The molecule has 0 saturated heterocycles. The Balaban J connectivity index is 2.13. The standard InChI is InChI=1S/C15H14OS/c1-2-15(16,13-7-4-3-5-8-13)11-10-14-9-6-12-17-14/h1,3-9,12,16H,10-11H2. The molecule has 2 heteroatoms. The van der Waals surface area contributed by atoms with Crippen LogP contribution >= 0.6 is 11.3 Å². The van der Waals surface area contributed by atoms with Gasteiger partial charge in [0.15, 0.2) is 5.60 Å². The molecule has 0 fully saturated rings. The van der Waals surface area contributed by atoms with Crippen molar-refractivity contribution in [2.45, 2.75) is 18.4 Å². The molecule has 17 heavy (non-hydrogen) atoms. The summed E-state index contributed by atoms with van der Waals surface area (Å²) in [6, 6.07) is 13.5. The molecule has 0 spiro atoms. The Morgan fingerprint density at radius 1 is 1.18 bits per heavy atom. The lowest BCUT2D eigenvalue weighted by atomic mass is 9.90. The highest BCUT2D eigenvalue weighted by atomic mass is 32.1. The summed E-state index contributed by atoms with van der Waals surface area (Å²) in [6.07, 6.45) is 6.83. The highest BCUT2D eigenvalue weighted by molar-refractivity contribution is 7.09. The van der Waals surface area contributed by atoms with E-state index in [9.17, 15) is 5.11 Å². The number of hydrogen-bond donors (Lipinski definition) is 1. The fourth-order valence-electron chi connectivity index (χ4n) is 1.77. The van der Waals surface area contributed by atoms with Gasteiger partial charge < -0.3 is 5.11 Å². The number of terminal acetylenes is 1. The first kappa shape index (κ1) is 11.9. The highest BCUT2D eigenvalue weighted by Gasteiger charge is 2.25. The normalized spacial score (nSPS) is 13.9. The number of aliphatic hydroxyl groups is 1. The maximum atomic E-state index is 10.5. The first-order chi connectivity index (χ1) is 8.24. The van der Waals surface area contributed by atoms with E-state index in [1.807, 2.05) is 41.8 Å². The van der Waals surface area contributed by atoms with Gasteiger partial charge in [0.05, 0.1) is 0 Å². The first-order valence-electron chi connectivity index (χ1n) is 5.53. The molecular formula is C15H14OS. The summed E-state index contributed by atoms with van der Waals surface area (Å²) in [5, 5.41) is 12.5. The van der Waals surface area contributed by atoms with E-state index in [2.05, 4.69) is 12.0 Å². The van der Waals surface area contributed by atoms with Crippen LogP contribution in [0.2, 0.25) is 0 Å². The molecule has 1 nitrogen and oxygen atoms in total. The van der Waals surface area contributed by atoms with Crippen LogP contribution in [0.5, 0.6) is 0 Å². The van der Waals surface area contributed by atoms with Gasteiger partial charge in [-0.15, -0.1) is 17.8 Å². The van der Waals surface area contributed by atoms with E-state index in [0.717, 1.165) is 12.0 Å². The predicted octanol–water partition coefficient (Wildman–Crippen LogP) is 3.20. The second-order valence-corrected chi connectivity index (χ2v) is 4.98. The van der Waals surface area contributed by atoms with Crippen molar-refractivity contribution >= 4 is 11.3 Å². The zero-order chi connectivity index (χ0) is 12.1.